The molecule has 0 saturated carbocycles. The van der Waals surface area contributed by atoms with Crippen LogP contribution in [-0.2, 0) is 11.8 Å². The standard InChI is InChI=1S/C15H19N3O/c1-9(2)15(19)17-11-5-6-14-12(8-11)13(16)7-10(3)18(14)4/h5-9,16H,1-4H3,(H,17,19). The lowest BCUT2D eigenvalue weighted by Gasteiger charge is -2.12. The molecule has 4 heteroatoms. The van der Waals surface area contributed by atoms with Crippen molar-refractivity contribution in [2.24, 2.45) is 13.0 Å². The molecule has 2 aromatic rings. The van der Waals surface area contributed by atoms with Gasteiger partial charge in [0.05, 0.1) is 10.9 Å². The zero-order chi connectivity index (χ0) is 14.2. The van der Waals surface area contributed by atoms with E-state index >= 15 is 0 Å². The number of fused-ring (bicyclic) bond motifs is 1. The number of benzene rings is 1. The summed E-state index contributed by atoms with van der Waals surface area (Å²) in [5, 5.41) is 12.2. The number of anilines is 1. The molecular formula is C15H19N3O. The van der Waals surface area contributed by atoms with Crippen LogP contribution in [0.2, 0.25) is 0 Å². The Morgan fingerprint density at radius 1 is 1.32 bits per heavy atom. The second-order valence-corrected chi connectivity index (χ2v) is 5.13. The average molecular weight is 257 g/mol. The molecule has 19 heavy (non-hydrogen) atoms. The fraction of sp³-hybridized carbons (Fsp3) is 0.333. The van der Waals surface area contributed by atoms with Crippen LogP contribution in [0.3, 0.4) is 0 Å². The van der Waals surface area contributed by atoms with Crippen LogP contribution in [0.1, 0.15) is 19.5 Å². The minimum atomic E-state index is -0.0553. The molecule has 0 spiro atoms. The highest BCUT2D eigenvalue weighted by atomic mass is 16.1. The number of aromatic nitrogens is 1. The lowest BCUT2D eigenvalue weighted by molar-refractivity contribution is -0.118. The van der Waals surface area contributed by atoms with Crippen molar-refractivity contribution in [2.75, 3.05) is 5.32 Å². The van der Waals surface area contributed by atoms with Crippen LogP contribution in [0.15, 0.2) is 24.3 Å². The Labute approximate surface area is 112 Å². The van der Waals surface area contributed by atoms with Crippen LogP contribution in [0.5, 0.6) is 0 Å². The van der Waals surface area contributed by atoms with Crippen LogP contribution in [-0.4, -0.2) is 10.5 Å². The number of hydrogen-bond acceptors (Lipinski definition) is 2. The Morgan fingerprint density at radius 2 is 2.00 bits per heavy atom. The summed E-state index contributed by atoms with van der Waals surface area (Å²) in [5.41, 5.74) is 2.77. The Kier molecular flexibility index (Phi) is 3.42. The molecule has 100 valence electrons. The van der Waals surface area contributed by atoms with Crippen molar-refractivity contribution in [3.8, 4) is 0 Å². The molecule has 0 aliphatic heterocycles. The predicted octanol–water partition coefficient (Wildman–Crippen LogP) is 2.56. The largest absolute Gasteiger partial charge is 0.348 e. The van der Waals surface area contributed by atoms with Gasteiger partial charge in [-0.25, -0.2) is 0 Å². The molecule has 0 atom stereocenters. The summed E-state index contributed by atoms with van der Waals surface area (Å²) in [6.07, 6.45) is 0. The quantitative estimate of drug-likeness (QED) is 0.853. The smallest absolute Gasteiger partial charge is 0.226 e. The summed E-state index contributed by atoms with van der Waals surface area (Å²) in [6.45, 7) is 5.69. The summed E-state index contributed by atoms with van der Waals surface area (Å²) in [7, 11) is 1.98. The SMILES string of the molecule is Cc1cc(=N)c2cc(NC(=O)C(C)C)ccc2n1C. The van der Waals surface area contributed by atoms with Crippen molar-refractivity contribution in [1.82, 2.24) is 4.57 Å². The number of amides is 1. The Bertz CT molecular complexity index is 698. The first-order valence-electron chi connectivity index (χ1n) is 6.36. The molecular weight excluding hydrogens is 238 g/mol. The average Bonchev–Trinajstić information content (AvgIpc) is 2.36. The van der Waals surface area contributed by atoms with Crippen LogP contribution in [0, 0.1) is 18.3 Å². The van der Waals surface area contributed by atoms with E-state index in [4.69, 9.17) is 5.41 Å². The lowest BCUT2D eigenvalue weighted by Crippen LogP contribution is -2.18. The fourth-order valence-corrected chi connectivity index (χ4v) is 1.98. The van der Waals surface area contributed by atoms with Crippen molar-refractivity contribution < 1.29 is 4.79 Å². The topological polar surface area (TPSA) is 57.9 Å². The number of carbonyl (C=O) groups excluding carboxylic acids is 1. The molecule has 0 unspecified atom stereocenters. The normalized spacial score (nSPS) is 11.0. The molecule has 2 N–H and O–H groups in total. The summed E-state index contributed by atoms with van der Waals surface area (Å²) in [4.78, 5) is 11.7. The molecule has 0 radical (unpaired) electrons. The van der Waals surface area contributed by atoms with Gasteiger partial charge in [-0.1, -0.05) is 13.8 Å². The zero-order valence-corrected chi connectivity index (χ0v) is 11.7. The van der Waals surface area contributed by atoms with Crippen molar-refractivity contribution in [2.45, 2.75) is 20.8 Å². The third-order valence-corrected chi connectivity index (χ3v) is 3.32. The summed E-state index contributed by atoms with van der Waals surface area (Å²) in [5.74, 6) is -0.0670. The summed E-state index contributed by atoms with van der Waals surface area (Å²) < 4.78 is 2.04. The van der Waals surface area contributed by atoms with E-state index in [9.17, 15) is 4.79 Å². The predicted molar refractivity (Wildman–Crippen MR) is 77.0 cm³/mol. The summed E-state index contributed by atoms with van der Waals surface area (Å²) in [6, 6.07) is 7.51. The van der Waals surface area contributed by atoms with Crippen LogP contribution in [0.4, 0.5) is 5.69 Å². The molecule has 1 aromatic heterocycles. The third kappa shape index (κ3) is 2.52. The van der Waals surface area contributed by atoms with E-state index in [-0.39, 0.29) is 11.8 Å². The number of aryl methyl sites for hydroxylation is 2. The van der Waals surface area contributed by atoms with Gasteiger partial charge in [0, 0.05) is 29.7 Å². The van der Waals surface area contributed by atoms with Gasteiger partial charge in [-0.05, 0) is 31.2 Å². The first kappa shape index (κ1) is 13.3. The van der Waals surface area contributed by atoms with E-state index in [0.717, 1.165) is 22.3 Å². The van der Waals surface area contributed by atoms with Crippen molar-refractivity contribution in [3.05, 3.63) is 35.3 Å². The minimum absolute atomic E-state index is 0.0117. The molecule has 1 amide bonds. The van der Waals surface area contributed by atoms with E-state index in [1.807, 2.05) is 56.7 Å². The number of hydrogen-bond donors (Lipinski definition) is 2. The molecule has 2 rings (SSSR count). The minimum Gasteiger partial charge on any atom is -0.348 e. The first-order chi connectivity index (χ1) is 8.90. The van der Waals surface area contributed by atoms with Crippen molar-refractivity contribution in [3.63, 3.8) is 0 Å². The van der Waals surface area contributed by atoms with Crippen molar-refractivity contribution >= 4 is 22.5 Å². The number of nitrogens with one attached hydrogen (secondary N) is 2. The highest BCUT2D eigenvalue weighted by Gasteiger charge is 2.08. The number of carbonyl (C=O) groups is 1. The summed E-state index contributed by atoms with van der Waals surface area (Å²) >= 11 is 0. The Morgan fingerprint density at radius 3 is 2.63 bits per heavy atom. The van der Waals surface area contributed by atoms with E-state index in [0.29, 0.717) is 5.36 Å². The van der Waals surface area contributed by atoms with Gasteiger partial charge in [0.25, 0.3) is 0 Å². The fourth-order valence-electron chi connectivity index (χ4n) is 1.98. The Balaban J connectivity index is 2.53. The van der Waals surface area contributed by atoms with Crippen LogP contribution < -0.4 is 10.7 Å². The van der Waals surface area contributed by atoms with Gasteiger partial charge in [0.1, 0.15) is 0 Å². The zero-order valence-electron chi connectivity index (χ0n) is 11.7. The molecule has 1 heterocycles. The molecule has 0 saturated heterocycles. The second-order valence-electron chi connectivity index (χ2n) is 5.13. The highest BCUT2D eigenvalue weighted by Crippen LogP contribution is 2.17. The van der Waals surface area contributed by atoms with Gasteiger partial charge in [-0.15, -0.1) is 0 Å². The molecule has 0 aliphatic rings. The molecule has 0 fully saturated rings. The highest BCUT2D eigenvalue weighted by molar-refractivity contribution is 5.94. The third-order valence-electron chi connectivity index (χ3n) is 3.32. The van der Waals surface area contributed by atoms with E-state index in [2.05, 4.69) is 5.32 Å². The van der Waals surface area contributed by atoms with Gasteiger partial charge < -0.3 is 15.3 Å². The van der Waals surface area contributed by atoms with Gasteiger partial charge in [-0.2, -0.15) is 0 Å². The maximum absolute atomic E-state index is 11.7. The van der Waals surface area contributed by atoms with Gasteiger partial charge in [-0.3, -0.25) is 4.79 Å². The maximum Gasteiger partial charge on any atom is 0.226 e. The van der Waals surface area contributed by atoms with E-state index in [1.54, 1.807) is 0 Å². The molecule has 1 aromatic carbocycles. The number of rotatable bonds is 2. The van der Waals surface area contributed by atoms with Gasteiger partial charge in [0.15, 0.2) is 0 Å². The van der Waals surface area contributed by atoms with Crippen molar-refractivity contribution in [1.29, 1.82) is 5.41 Å². The monoisotopic (exact) mass is 257 g/mol. The maximum atomic E-state index is 11.7. The Hall–Kier alpha value is -2.10. The van der Waals surface area contributed by atoms with Crippen LogP contribution >= 0.6 is 0 Å². The molecule has 0 aliphatic carbocycles. The number of pyridine rings is 1. The van der Waals surface area contributed by atoms with E-state index in [1.165, 1.54) is 0 Å². The van der Waals surface area contributed by atoms with Gasteiger partial charge in [0.2, 0.25) is 5.91 Å². The number of nitrogens with zero attached hydrogens (tertiary/aromatic N) is 1. The lowest BCUT2D eigenvalue weighted by atomic mass is 10.1. The van der Waals surface area contributed by atoms with Gasteiger partial charge >= 0.3 is 0 Å². The molecule has 4 nitrogen and oxygen atoms in total. The van der Waals surface area contributed by atoms with E-state index < -0.39 is 0 Å². The van der Waals surface area contributed by atoms with Crippen LogP contribution in [0.25, 0.3) is 10.9 Å². The molecule has 0 bridgehead atoms. The first-order valence-corrected chi connectivity index (χ1v) is 6.36. The second kappa shape index (κ2) is 4.88.